The van der Waals surface area contributed by atoms with Crippen LogP contribution >= 0.6 is 0 Å². The predicted octanol–water partition coefficient (Wildman–Crippen LogP) is 1.42. The Morgan fingerprint density at radius 3 is 2.80 bits per heavy atom. The number of hydrogen-bond acceptors (Lipinski definition) is 5. The smallest absolute Gasteiger partial charge is 0.358 e. The van der Waals surface area contributed by atoms with E-state index >= 15 is 0 Å². The highest BCUT2D eigenvalue weighted by atomic mass is 16.4. The first kappa shape index (κ1) is 9.63. The predicted molar refractivity (Wildman–Crippen MR) is 52.0 cm³/mol. The Morgan fingerprint density at radius 1 is 1.60 bits per heavy atom. The summed E-state index contributed by atoms with van der Waals surface area (Å²) in [4.78, 5) is 10.8. The number of nitrogens with two attached hydrogens (primary N) is 1. The van der Waals surface area contributed by atoms with Crippen LogP contribution in [-0.2, 0) is 0 Å². The highest BCUT2D eigenvalue weighted by Crippen LogP contribution is 2.37. The molecule has 7 heteroatoms. The van der Waals surface area contributed by atoms with Gasteiger partial charge in [0.25, 0.3) is 0 Å². The normalized spacial score (nSPS) is 18.5. The van der Waals surface area contributed by atoms with Gasteiger partial charge in [-0.1, -0.05) is 13.8 Å². The minimum atomic E-state index is -1.15. The fourth-order valence-corrected chi connectivity index (χ4v) is 1.46. The summed E-state index contributed by atoms with van der Waals surface area (Å²) < 4.78 is 1.46. The first-order chi connectivity index (χ1) is 7.02. The van der Waals surface area contributed by atoms with Gasteiger partial charge in [-0.05, 0) is 5.92 Å². The number of nitrogen functional groups attached to an aromatic ring is 1. The van der Waals surface area contributed by atoms with Gasteiger partial charge in [0.05, 0.1) is 0 Å². The SMILES string of the molecule is CC(C)C1N=Nc2c(N)c(C(=O)O)nn21. The third-order valence-electron chi connectivity index (χ3n) is 2.24. The number of carbonyl (C=O) groups is 1. The second kappa shape index (κ2) is 3.04. The molecule has 15 heavy (non-hydrogen) atoms. The number of nitrogens with zero attached hydrogens (tertiary/aromatic N) is 4. The second-order valence-electron chi connectivity index (χ2n) is 3.71. The lowest BCUT2D eigenvalue weighted by atomic mass is 10.2. The summed E-state index contributed by atoms with van der Waals surface area (Å²) in [6.07, 6.45) is -0.254. The van der Waals surface area contributed by atoms with E-state index in [-0.39, 0.29) is 23.5 Å². The standard InChI is InChI=1S/C8H11N5O2/c1-3(2)6-10-11-7-4(9)5(8(14)15)12-13(6)7/h3,6H,9H2,1-2H3,(H,14,15). The Morgan fingerprint density at radius 2 is 2.27 bits per heavy atom. The van der Waals surface area contributed by atoms with Gasteiger partial charge in [0.15, 0.2) is 17.7 Å². The van der Waals surface area contributed by atoms with Crippen molar-refractivity contribution in [2.75, 3.05) is 5.73 Å². The molecule has 3 N–H and O–H groups in total. The molecule has 0 aliphatic carbocycles. The number of azo groups is 1. The number of anilines is 1. The zero-order valence-corrected chi connectivity index (χ0v) is 8.38. The van der Waals surface area contributed by atoms with Crippen LogP contribution in [0.5, 0.6) is 0 Å². The molecule has 0 saturated heterocycles. The average molecular weight is 209 g/mol. The van der Waals surface area contributed by atoms with E-state index in [0.717, 1.165) is 0 Å². The number of carboxylic acids is 1. The van der Waals surface area contributed by atoms with Crippen LogP contribution in [0.2, 0.25) is 0 Å². The highest BCUT2D eigenvalue weighted by molar-refractivity contribution is 5.94. The van der Waals surface area contributed by atoms with Crippen molar-refractivity contribution < 1.29 is 9.90 Å². The lowest BCUT2D eigenvalue weighted by Crippen LogP contribution is -2.12. The molecule has 0 radical (unpaired) electrons. The van der Waals surface area contributed by atoms with Crippen LogP contribution in [0, 0.1) is 5.92 Å². The van der Waals surface area contributed by atoms with E-state index in [2.05, 4.69) is 15.3 Å². The average Bonchev–Trinajstić information content (AvgIpc) is 2.66. The lowest BCUT2D eigenvalue weighted by molar-refractivity contribution is 0.0690. The molecule has 2 heterocycles. The van der Waals surface area contributed by atoms with E-state index in [4.69, 9.17) is 10.8 Å². The van der Waals surface area contributed by atoms with Crippen molar-refractivity contribution in [3.05, 3.63) is 5.69 Å². The lowest BCUT2D eigenvalue weighted by Gasteiger charge is -2.10. The molecule has 80 valence electrons. The maximum Gasteiger partial charge on any atom is 0.358 e. The molecule has 0 amide bonds. The number of aromatic carboxylic acids is 1. The van der Waals surface area contributed by atoms with Crippen LogP contribution in [0.1, 0.15) is 30.5 Å². The summed E-state index contributed by atoms with van der Waals surface area (Å²) in [5.74, 6) is -0.617. The summed E-state index contributed by atoms with van der Waals surface area (Å²) in [5, 5.41) is 20.5. The molecule has 0 saturated carbocycles. The zero-order valence-electron chi connectivity index (χ0n) is 8.38. The highest BCUT2D eigenvalue weighted by Gasteiger charge is 2.30. The maximum atomic E-state index is 10.8. The molecular weight excluding hydrogens is 198 g/mol. The van der Waals surface area contributed by atoms with Crippen molar-refractivity contribution in [1.82, 2.24) is 9.78 Å². The van der Waals surface area contributed by atoms with E-state index in [1.807, 2.05) is 13.8 Å². The third kappa shape index (κ3) is 1.27. The molecule has 1 aliphatic heterocycles. The van der Waals surface area contributed by atoms with Gasteiger partial charge in [0.2, 0.25) is 0 Å². The van der Waals surface area contributed by atoms with Crippen LogP contribution in [0.4, 0.5) is 11.5 Å². The maximum absolute atomic E-state index is 10.8. The third-order valence-corrected chi connectivity index (χ3v) is 2.24. The molecule has 2 rings (SSSR count). The van der Waals surface area contributed by atoms with Gasteiger partial charge >= 0.3 is 5.97 Å². The van der Waals surface area contributed by atoms with Gasteiger partial charge in [0.1, 0.15) is 5.69 Å². The van der Waals surface area contributed by atoms with E-state index in [1.54, 1.807) is 0 Å². The van der Waals surface area contributed by atoms with E-state index in [9.17, 15) is 4.79 Å². The second-order valence-corrected chi connectivity index (χ2v) is 3.71. The van der Waals surface area contributed by atoms with Gasteiger partial charge in [0, 0.05) is 0 Å². The number of rotatable bonds is 2. The van der Waals surface area contributed by atoms with E-state index < -0.39 is 5.97 Å². The largest absolute Gasteiger partial charge is 0.476 e. The Labute approximate surface area is 85.6 Å². The van der Waals surface area contributed by atoms with Crippen molar-refractivity contribution in [2.24, 2.45) is 16.1 Å². The summed E-state index contributed by atoms with van der Waals surface area (Å²) in [6.45, 7) is 3.91. The summed E-state index contributed by atoms with van der Waals surface area (Å²) in [5.41, 5.74) is 5.52. The topological polar surface area (TPSA) is 106 Å². The van der Waals surface area contributed by atoms with Crippen molar-refractivity contribution in [1.29, 1.82) is 0 Å². The Hall–Kier alpha value is -1.92. The summed E-state index contributed by atoms with van der Waals surface area (Å²) >= 11 is 0. The number of hydrogen-bond donors (Lipinski definition) is 2. The quantitative estimate of drug-likeness (QED) is 0.767. The van der Waals surface area contributed by atoms with Crippen LogP contribution < -0.4 is 5.73 Å². The number of aromatic nitrogens is 2. The molecule has 0 aromatic carbocycles. The molecule has 0 spiro atoms. The first-order valence-electron chi connectivity index (χ1n) is 4.54. The molecule has 1 unspecified atom stereocenters. The van der Waals surface area contributed by atoms with E-state index in [0.29, 0.717) is 5.82 Å². The van der Waals surface area contributed by atoms with Crippen LogP contribution in [0.25, 0.3) is 0 Å². The molecular formula is C8H11N5O2. The van der Waals surface area contributed by atoms with Crippen molar-refractivity contribution in [2.45, 2.75) is 20.0 Å². The fourth-order valence-electron chi connectivity index (χ4n) is 1.46. The fraction of sp³-hybridized carbons (Fsp3) is 0.500. The Bertz CT molecular complexity index is 448. The molecule has 1 aliphatic rings. The molecule has 0 bridgehead atoms. The van der Waals surface area contributed by atoms with Gasteiger partial charge in [-0.2, -0.15) is 10.2 Å². The summed E-state index contributed by atoms with van der Waals surface area (Å²) in [6, 6.07) is 0. The van der Waals surface area contributed by atoms with Gasteiger partial charge in [-0.15, -0.1) is 5.11 Å². The van der Waals surface area contributed by atoms with Gasteiger partial charge in [-0.25, -0.2) is 9.48 Å². The van der Waals surface area contributed by atoms with Crippen LogP contribution in [-0.4, -0.2) is 20.9 Å². The first-order valence-corrected chi connectivity index (χ1v) is 4.54. The number of fused-ring (bicyclic) bond motifs is 1. The molecule has 1 aromatic rings. The molecule has 0 fully saturated rings. The van der Waals surface area contributed by atoms with Gasteiger partial charge in [-0.3, -0.25) is 0 Å². The van der Waals surface area contributed by atoms with Crippen LogP contribution in [0.15, 0.2) is 10.2 Å². The summed E-state index contributed by atoms with van der Waals surface area (Å²) in [7, 11) is 0. The van der Waals surface area contributed by atoms with E-state index in [1.165, 1.54) is 4.68 Å². The molecule has 1 aromatic heterocycles. The zero-order chi connectivity index (χ0) is 11.2. The Kier molecular flexibility index (Phi) is 1.95. The van der Waals surface area contributed by atoms with Gasteiger partial charge < -0.3 is 10.8 Å². The molecule has 1 atom stereocenters. The minimum Gasteiger partial charge on any atom is -0.476 e. The Balaban J connectivity index is 2.51. The van der Waals surface area contributed by atoms with Crippen molar-refractivity contribution in [3.8, 4) is 0 Å². The monoisotopic (exact) mass is 209 g/mol. The molecule has 7 nitrogen and oxygen atoms in total. The number of carboxylic acid groups (broad SMARTS) is 1. The van der Waals surface area contributed by atoms with Crippen molar-refractivity contribution >= 4 is 17.5 Å². The van der Waals surface area contributed by atoms with Crippen LogP contribution in [0.3, 0.4) is 0 Å². The van der Waals surface area contributed by atoms with Crippen molar-refractivity contribution in [3.63, 3.8) is 0 Å². The minimum absolute atomic E-state index is 0.0781.